The zero-order valence-corrected chi connectivity index (χ0v) is 15.3. The topological polar surface area (TPSA) is 80.5 Å². The van der Waals surface area contributed by atoms with E-state index in [1.165, 1.54) is 18.2 Å². The van der Waals surface area contributed by atoms with Crippen molar-refractivity contribution in [3.8, 4) is 0 Å². The summed E-state index contributed by atoms with van der Waals surface area (Å²) in [5.41, 5.74) is 6.25. The maximum atomic E-state index is 12.8. The van der Waals surface area contributed by atoms with Gasteiger partial charge in [-0.05, 0) is 55.0 Å². The number of sulfonamides is 1. The molecule has 0 aliphatic carbocycles. The van der Waals surface area contributed by atoms with E-state index in [0.717, 1.165) is 8.78 Å². The van der Waals surface area contributed by atoms with E-state index in [-0.39, 0.29) is 4.90 Å². The molecule has 2 rings (SSSR count). The summed E-state index contributed by atoms with van der Waals surface area (Å²) in [5, 5.41) is 0.508. The molecule has 2 N–H and O–H groups in total. The fourth-order valence-electron chi connectivity index (χ4n) is 1.97. The van der Waals surface area contributed by atoms with Crippen LogP contribution in [0.25, 0.3) is 0 Å². The molecule has 0 aliphatic heterocycles. The van der Waals surface area contributed by atoms with Gasteiger partial charge in [0.15, 0.2) is 0 Å². The highest BCUT2D eigenvalue weighted by molar-refractivity contribution is 9.10. The molecule has 2 aromatic carbocycles. The average Bonchev–Trinajstić information content (AvgIpc) is 2.48. The molecule has 0 spiro atoms. The maximum Gasteiger partial charge on any atom is 0.264 e. The van der Waals surface area contributed by atoms with Crippen molar-refractivity contribution in [3.63, 3.8) is 0 Å². The first-order valence-corrected chi connectivity index (χ1v) is 9.15. The number of hydrogen-bond donors (Lipinski definition) is 1. The normalized spacial score (nSPS) is 11.3. The fourth-order valence-corrected chi connectivity index (χ4v) is 3.78. The van der Waals surface area contributed by atoms with E-state index in [9.17, 15) is 13.2 Å². The van der Waals surface area contributed by atoms with Crippen LogP contribution in [0.2, 0.25) is 5.02 Å². The van der Waals surface area contributed by atoms with E-state index in [2.05, 4.69) is 15.9 Å². The number of nitrogens with two attached hydrogens (primary N) is 1. The lowest BCUT2D eigenvalue weighted by Crippen LogP contribution is -2.38. The van der Waals surface area contributed by atoms with Gasteiger partial charge in [-0.2, -0.15) is 0 Å². The molecule has 0 fully saturated rings. The van der Waals surface area contributed by atoms with Crippen molar-refractivity contribution in [2.45, 2.75) is 11.8 Å². The number of anilines is 1. The summed E-state index contributed by atoms with van der Waals surface area (Å²) >= 11 is 9.23. The maximum absolute atomic E-state index is 12.8. The van der Waals surface area contributed by atoms with Crippen molar-refractivity contribution in [1.82, 2.24) is 0 Å². The molecule has 0 heterocycles. The van der Waals surface area contributed by atoms with Gasteiger partial charge >= 0.3 is 0 Å². The zero-order valence-electron chi connectivity index (χ0n) is 12.2. The third-order valence-corrected chi connectivity index (χ3v) is 5.87. The Morgan fingerprint density at radius 1 is 1.22 bits per heavy atom. The molecular formula is C15H14BrClN2O3S. The number of aryl methyl sites for hydroxylation is 1. The van der Waals surface area contributed by atoms with Gasteiger partial charge in [0.1, 0.15) is 6.54 Å². The number of carbonyl (C=O) groups is 1. The molecule has 122 valence electrons. The molecule has 0 unspecified atom stereocenters. The van der Waals surface area contributed by atoms with Gasteiger partial charge in [-0.3, -0.25) is 9.10 Å². The second-order valence-electron chi connectivity index (χ2n) is 4.87. The molecule has 0 atom stereocenters. The molecular weight excluding hydrogens is 404 g/mol. The third kappa shape index (κ3) is 4.04. The first-order chi connectivity index (χ1) is 10.7. The van der Waals surface area contributed by atoms with Crippen LogP contribution in [0.4, 0.5) is 5.69 Å². The Balaban J connectivity index is 2.55. The third-order valence-electron chi connectivity index (χ3n) is 3.13. The first kappa shape index (κ1) is 17.8. The van der Waals surface area contributed by atoms with Crippen LogP contribution in [0.1, 0.15) is 5.56 Å². The average molecular weight is 418 g/mol. The molecule has 0 saturated carbocycles. The van der Waals surface area contributed by atoms with E-state index < -0.39 is 22.5 Å². The summed E-state index contributed by atoms with van der Waals surface area (Å²) in [5.74, 6) is -0.752. The van der Waals surface area contributed by atoms with Crippen LogP contribution in [0.15, 0.2) is 51.8 Å². The minimum Gasteiger partial charge on any atom is -0.368 e. The lowest BCUT2D eigenvalue weighted by Gasteiger charge is -2.23. The van der Waals surface area contributed by atoms with Gasteiger partial charge in [0.05, 0.1) is 10.6 Å². The summed E-state index contributed by atoms with van der Waals surface area (Å²) in [7, 11) is -3.93. The highest BCUT2D eigenvalue weighted by Gasteiger charge is 2.26. The van der Waals surface area contributed by atoms with Crippen LogP contribution >= 0.6 is 27.5 Å². The first-order valence-electron chi connectivity index (χ1n) is 6.54. The Morgan fingerprint density at radius 2 is 1.83 bits per heavy atom. The van der Waals surface area contributed by atoms with Gasteiger partial charge in [0.25, 0.3) is 10.0 Å². The quantitative estimate of drug-likeness (QED) is 0.812. The van der Waals surface area contributed by atoms with Gasteiger partial charge < -0.3 is 5.73 Å². The Bertz CT molecular complexity index is 838. The predicted octanol–water partition coefficient (Wildman–Crippen LogP) is 3.09. The van der Waals surface area contributed by atoms with E-state index in [1.807, 2.05) is 0 Å². The molecule has 0 aromatic heterocycles. The summed E-state index contributed by atoms with van der Waals surface area (Å²) < 4.78 is 27.4. The zero-order chi connectivity index (χ0) is 17.2. The number of hydrogen-bond acceptors (Lipinski definition) is 3. The lowest BCUT2D eigenvalue weighted by molar-refractivity contribution is -0.116. The molecule has 1 amide bonds. The molecule has 0 bridgehead atoms. The molecule has 0 radical (unpaired) electrons. The molecule has 5 nitrogen and oxygen atoms in total. The summed E-state index contributed by atoms with van der Waals surface area (Å²) in [6.45, 7) is 1.29. The van der Waals surface area contributed by atoms with Crippen LogP contribution in [-0.4, -0.2) is 20.9 Å². The van der Waals surface area contributed by atoms with Crippen LogP contribution in [0.5, 0.6) is 0 Å². The highest BCUT2D eigenvalue weighted by atomic mass is 79.9. The molecule has 2 aromatic rings. The molecule has 0 aliphatic rings. The minimum absolute atomic E-state index is 0.0644. The van der Waals surface area contributed by atoms with Crippen LogP contribution in [0.3, 0.4) is 0 Å². The van der Waals surface area contributed by atoms with Crippen molar-refractivity contribution in [2.75, 3.05) is 10.8 Å². The van der Waals surface area contributed by atoms with E-state index in [1.54, 1.807) is 31.2 Å². The number of primary amides is 1. The summed E-state index contributed by atoms with van der Waals surface area (Å²) in [6.07, 6.45) is 0. The predicted molar refractivity (Wildman–Crippen MR) is 94.1 cm³/mol. The number of nitrogens with zero attached hydrogens (tertiary/aromatic N) is 1. The van der Waals surface area contributed by atoms with Gasteiger partial charge in [-0.15, -0.1) is 0 Å². The van der Waals surface area contributed by atoms with Crippen LogP contribution in [-0.2, 0) is 14.8 Å². The number of rotatable bonds is 5. The monoisotopic (exact) mass is 416 g/mol. The number of benzene rings is 2. The largest absolute Gasteiger partial charge is 0.368 e. The second kappa shape index (κ2) is 6.90. The summed E-state index contributed by atoms with van der Waals surface area (Å²) in [4.78, 5) is 11.4. The van der Waals surface area contributed by atoms with Crippen molar-refractivity contribution < 1.29 is 13.2 Å². The van der Waals surface area contributed by atoms with Crippen molar-refractivity contribution >= 4 is 49.1 Å². The molecule has 0 saturated heterocycles. The Labute approximate surface area is 148 Å². The lowest BCUT2D eigenvalue weighted by atomic mass is 10.2. The smallest absolute Gasteiger partial charge is 0.264 e. The molecule has 8 heteroatoms. The van der Waals surface area contributed by atoms with Crippen LogP contribution < -0.4 is 10.0 Å². The number of halogens is 2. The van der Waals surface area contributed by atoms with Crippen molar-refractivity contribution in [1.29, 1.82) is 0 Å². The van der Waals surface area contributed by atoms with Gasteiger partial charge in [-0.1, -0.05) is 27.5 Å². The number of carbonyl (C=O) groups excluding carboxylic acids is 1. The molecule has 23 heavy (non-hydrogen) atoms. The van der Waals surface area contributed by atoms with E-state index in [0.29, 0.717) is 16.3 Å². The van der Waals surface area contributed by atoms with Gasteiger partial charge in [0, 0.05) is 9.50 Å². The second-order valence-corrected chi connectivity index (χ2v) is 8.05. The van der Waals surface area contributed by atoms with Crippen molar-refractivity contribution in [2.24, 2.45) is 5.73 Å². The minimum atomic E-state index is -3.93. The fraction of sp³-hybridized carbons (Fsp3) is 0.133. The van der Waals surface area contributed by atoms with Gasteiger partial charge in [-0.25, -0.2) is 8.42 Å². The SMILES string of the molecule is Cc1cc(N(CC(N)=O)S(=O)(=O)c2ccc(Br)cc2)ccc1Cl. The standard InChI is InChI=1S/C15H14BrClN2O3S/c1-10-8-12(4-7-14(10)17)19(9-15(18)20)23(21,22)13-5-2-11(16)3-6-13/h2-8H,9H2,1H3,(H2,18,20). The van der Waals surface area contributed by atoms with Crippen LogP contribution in [0, 0.1) is 6.92 Å². The Hall–Kier alpha value is -1.57. The van der Waals surface area contributed by atoms with E-state index >= 15 is 0 Å². The Kier molecular flexibility index (Phi) is 5.33. The highest BCUT2D eigenvalue weighted by Crippen LogP contribution is 2.27. The van der Waals surface area contributed by atoms with Crippen molar-refractivity contribution in [3.05, 3.63) is 57.5 Å². The van der Waals surface area contributed by atoms with E-state index in [4.69, 9.17) is 17.3 Å². The Morgan fingerprint density at radius 3 is 2.35 bits per heavy atom. The summed E-state index contributed by atoms with van der Waals surface area (Å²) in [6, 6.07) is 10.9. The number of amides is 1. The van der Waals surface area contributed by atoms with Gasteiger partial charge in [0.2, 0.25) is 5.91 Å².